The minimum atomic E-state index is -4.74. The fraction of sp³-hybridized carbons (Fsp3) is 0.318. The fourth-order valence-corrected chi connectivity index (χ4v) is 3.45. The van der Waals surface area contributed by atoms with E-state index in [9.17, 15) is 32.0 Å². The third-order valence-electron chi connectivity index (χ3n) is 5.03. The van der Waals surface area contributed by atoms with Gasteiger partial charge in [-0.05, 0) is 72.6 Å². The Bertz CT molecular complexity index is 1300. The number of alkyl halides is 5. The van der Waals surface area contributed by atoms with Gasteiger partial charge in [-0.15, -0.1) is 5.10 Å². The van der Waals surface area contributed by atoms with Crippen molar-refractivity contribution in [1.29, 1.82) is 5.26 Å². The van der Waals surface area contributed by atoms with Crippen molar-refractivity contribution in [2.45, 2.75) is 45.0 Å². The van der Waals surface area contributed by atoms with Crippen LogP contribution in [-0.2, 0) is 11.6 Å². The van der Waals surface area contributed by atoms with E-state index in [2.05, 4.69) is 41.1 Å². The number of rotatable bonds is 7. The third kappa shape index (κ3) is 6.14. The zero-order valence-corrected chi connectivity index (χ0v) is 20.5. The maximum atomic E-state index is 13.5. The summed E-state index contributed by atoms with van der Waals surface area (Å²) in [4.78, 5) is 21.1. The minimum Gasteiger partial charge on any atom is -0.433 e. The first kappa shape index (κ1) is 27.0. The van der Waals surface area contributed by atoms with E-state index in [1.807, 2.05) is 6.07 Å². The summed E-state index contributed by atoms with van der Waals surface area (Å²) in [6.07, 6.45) is -3.69. The second-order valence-corrected chi connectivity index (χ2v) is 8.82. The maximum absolute atomic E-state index is 13.5. The van der Waals surface area contributed by atoms with Gasteiger partial charge in [0.2, 0.25) is 4.73 Å². The zero-order chi connectivity index (χ0) is 26.8. The predicted molar refractivity (Wildman–Crippen MR) is 119 cm³/mol. The van der Waals surface area contributed by atoms with Crippen molar-refractivity contribution in [3.05, 3.63) is 63.8 Å². The second-order valence-electron chi connectivity index (χ2n) is 8.11. The Hall–Kier alpha value is -3.60. The molecule has 3 rings (SSSR count). The lowest BCUT2D eigenvalue weighted by Crippen LogP contribution is -2.29. The highest BCUT2D eigenvalue weighted by Crippen LogP contribution is 2.34. The molecule has 1 atom stereocenters. The summed E-state index contributed by atoms with van der Waals surface area (Å²) in [6, 6.07) is 6.38. The quantitative estimate of drug-likeness (QED) is 0.383. The first-order chi connectivity index (χ1) is 16.7. The average Bonchev–Trinajstić information content (AvgIpc) is 3.20. The third-order valence-corrected chi connectivity index (χ3v) is 5.36. The summed E-state index contributed by atoms with van der Waals surface area (Å²) in [5.74, 6) is -0.725. The smallest absolute Gasteiger partial charge is 0.416 e. The summed E-state index contributed by atoms with van der Waals surface area (Å²) in [7, 11) is 0. The molecule has 1 amide bonds. The van der Waals surface area contributed by atoms with E-state index in [4.69, 9.17) is 0 Å². The predicted octanol–water partition coefficient (Wildman–Crippen LogP) is 5.34. The first-order valence-corrected chi connectivity index (χ1v) is 11.0. The number of hydrogen-bond acceptors (Lipinski definition) is 6. The van der Waals surface area contributed by atoms with E-state index in [1.54, 1.807) is 0 Å². The summed E-state index contributed by atoms with van der Waals surface area (Å²) in [5, 5.41) is 16.0. The van der Waals surface area contributed by atoms with Crippen molar-refractivity contribution in [2.24, 2.45) is 0 Å². The molecule has 0 spiro atoms. The highest BCUT2D eigenvalue weighted by Gasteiger charge is 2.34. The molecule has 1 unspecified atom stereocenters. The van der Waals surface area contributed by atoms with Crippen molar-refractivity contribution < 1.29 is 31.5 Å². The van der Waals surface area contributed by atoms with Gasteiger partial charge in [0.1, 0.15) is 5.75 Å². The number of benzene rings is 1. The van der Waals surface area contributed by atoms with Crippen LogP contribution < -0.4 is 10.1 Å². The Morgan fingerprint density at radius 3 is 2.42 bits per heavy atom. The number of carbonyl (C=O) groups excluding carboxylic acids is 1. The fourth-order valence-electron chi connectivity index (χ4n) is 3.11. The van der Waals surface area contributed by atoms with Gasteiger partial charge in [-0.1, -0.05) is 0 Å². The molecule has 1 aromatic carbocycles. The molecule has 0 aliphatic carbocycles. The summed E-state index contributed by atoms with van der Waals surface area (Å²) in [6.45, 7) is 1.38. The lowest BCUT2D eigenvalue weighted by Gasteiger charge is -2.20. The largest absolute Gasteiger partial charge is 0.433 e. The van der Waals surface area contributed by atoms with Gasteiger partial charge in [0.15, 0.2) is 11.6 Å². The van der Waals surface area contributed by atoms with E-state index in [1.165, 1.54) is 43.7 Å². The van der Waals surface area contributed by atoms with Crippen LogP contribution in [0.4, 0.5) is 22.0 Å². The van der Waals surface area contributed by atoms with Crippen LogP contribution in [0.3, 0.4) is 0 Å². The van der Waals surface area contributed by atoms with Crippen molar-refractivity contribution in [3.8, 4) is 17.6 Å². The molecular formula is C22H18BrF5N6O2. The van der Waals surface area contributed by atoms with E-state index in [0.29, 0.717) is 6.07 Å². The van der Waals surface area contributed by atoms with Gasteiger partial charge in [0.05, 0.1) is 29.3 Å². The van der Waals surface area contributed by atoms with Crippen LogP contribution >= 0.6 is 15.9 Å². The Kier molecular flexibility index (Phi) is 7.63. The van der Waals surface area contributed by atoms with Crippen LogP contribution in [0.15, 0.2) is 41.3 Å². The number of carbonyl (C=O) groups is 1. The van der Waals surface area contributed by atoms with Gasteiger partial charge in [0.25, 0.3) is 5.91 Å². The van der Waals surface area contributed by atoms with Gasteiger partial charge >= 0.3 is 12.8 Å². The molecule has 0 saturated carbocycles. The number of halogens is 6. The molecule has 8 nitrogen and oxygen atoms in total. The SMILES string of the molecule is CC(NC(=O)c1cc(C(F)(F)F)cc(C(C)(C)C#N)c1)c1nc(Br)nn1-c1ccc(OC(F)F)cn1. The highest BCUT2D eigenvalue weighted by atomic mass is 79.9. The molecule has 2 aromatic heterocycles. The number of nitrogens with zero attached hydrogens (tertiary/aromatic N) is 5. The van der Waals surface area contributed by atoms with Gasteiger partial charge in [-0.25, -0.2) is 9.97 Å². The minimum absolute atomic E-state index is 0.0267. The van der Waals surface area contributed by atoms with Crippen LogP contribution in [-0.4, -0.2) is 32.3 Å². The zero-order valence-electron chi connectivity index (χ0n) is 18.9. The van der Waals surface area contributed by atoms with E-state index >= 15 is 0 Å². The van der Waals surface area contributed by atoms with Gasteiger partial charge in [0, 0.05) is 5.56 Å². The molecular weight excluding hydrogens is 555 g/mol. The topological polar surface area (TPSA) is 106 Å². The molecule has 0 saturated heterocycles. The highest BCUT2D eigenvalue weighted by molar-refractivity contribution is 9.10. The molecule has 3 aromatic rings. The van der Waals surface area contributed by atoms with Crippen molar-refractivity contribution in [3.63, 3.8) is 0 Å². The molecule has 36 heavy (non-hydrogen) atoms. The molecule has 2 heterocycles. The molecule has 0 fully saturated rings. The van der Waals surface area contributed by atoms with Gasteiger partial charge < -0.3 is 10.1 Å². The Morgan fingerprint density at radius 1 is 1.19 bits per heavy atom. The summed E-state index contributed by atoms with van der Waals surface area (Å²) >= 11 is 3.11. The Labute approximate surface area is 210 Å². The number of amides is 1. The molecule has 0 aliphatic rings. The molecule has 0 bridgehead atoms. The van der Waals surface area contributed by atoms with Crippen LogP contribution in [0.2, 0.25) is 0 Å². The lowest BCUT2D eigenvalue weighted by molar-refractivity contribution is -0.137. The summed E-state index contributed by atoms with van der Waals surface area (Å²) in [5.41, 5.74) is -2.62. The van der Waals surface area contributed by atoms with Crippen LogP contribution in [0.1, 0.15) is 54.1 Å². The Morgan fingerprint density at radius 2 is 1.86 bits per heavy atom. The number of nitriles is 1. The number of ether oxygens (including phenoxy) is 1. The van der Waals surface area contributed by atoms with Crippen LogP contribution in [0.25, 0.3) is 5.82 Å². The number of aromatic nitrogens is 4. The van der Waals surface area contributed by atoms with E-state index in [0.717, 1.165) is 12.3 Å². The van der Waals surface area contributed by atoms with Crippen molar-refractivity contribution in [1.82, 2.24) is 25.1 Å². The summed E-state index contributed by atoms with van der Waals surface area (Å²) < 4.78 is 70.8. The van der Waals surface area contributed by atoms with Gasteiger partial charge in [-0.2, -0.15) is 31.9 Å². The Balaban J connectivity index is 1.92. The number of pyridine rings is 1. The second kappa shape index (κ2) is 10.2. The molecule has 0 radical (unpaired) electrons. The van der Waals surface area contributed by atoms with E-state index < -0.39 is 35.7 Å². The number of nitrogens with one attached hydrogen (secondary N) is 1. The average molecular weight is 573 g/mol. The standard InChI is InChI=1S/C22H18BrF5N6O2/c1-11(17-32-19(23)33-34(17)16-5-4-15(9-30-16)36-20(24)25)31-18(35)12-6-13(21(2,3)10-29)8-14(7-12)22(26,27)28/h4-9,11,20H,1-3H3,(H,31,35). The molecule has 0 aliphatic heterocycles. The van der Waals surface area contributed by atoms with Crippen LogP contribution in [0, 0.1) is 11.3 Å². The molecule has 14 heteroatoms. The number of hydrogen-bond donors (Lipinski definition) is 1. The molecule has 1 N–H and O–H groups in total. The van der Waals surface area contributed by atoms with Crippen molar-refractivity contribution >= 4 is 21.8 Å². The van der Waals surface area contributed by atoms with E-state index in [-0.39, 0.29) is 33.3 Å². The first-order valence-electron chi connectivity index (χ1n) is 10.2. The maximum Gasteiger partial charge on any atom is 0.416 e. The van der Waals surface area contributed by atoms with Crippen molar-refractivity contribution in [2.75, 3.05) is 0 Å². The monoisotopic (exact) mass is 572 g/mol. The normalized spacial score (nSPS) is 12.8. The van der Waals surface area contributed by atoms with Crippen LogP contribution in [0.5, 0.6) is 5.75 Å². The molecule has 190 valence electrons. The van der Waals surface area contributed by atoms with Gasteiger partial charge in [-0.3, -0.25) is 4.79 Å². The lowest BCUT2D eigenvalue weighted by atomic mass is 9.84.